The Hall–Kier alpha value is -0.640. The van der Waals surface area contributed by atoms with Gasteiger partial charge in [-0.2, -0.15) is 0 Å². The van der Waals surface area contributed by atoms with E-state index in [1.54, 1.807) is 0 Å². The summed E-state index contributed by atoms with van der Waals surface area (Å²) in [5.41, 5.74) is 1.33. The first-order valence-electron chi connectivity index (χ1n) is 8.79. The summed E-state index contributed by atoms with van der Waals surface area (Å²) in [6.45, 7) is 4.50. The second kappa shape index (κ2) is 4.68. The Labute approximate surface area is 132 Å². The number of hydrogen-bond acceptors (Lipinski definition) is 3. The number of aliphatic hydroxyl groups is 3. The molecular formula is C19H28O3. The summed E-state index contributed by atoms with van der Waals surface area (Å²) in [6.07, 6.45) is 9.72. The molecule has 0 bridgehead atoms. The monoisotopic (exact) mass is 304 g/mol. The highest BCUT2D eigenvalue weighted by Gasteiger charge is 2.60. The number of aliphatic hydroxyl groups excluding tert-OH is 3. The van der Waals surface area contributed by atoms with Crippen LogP contribution in [0.5, 0.6) is 0 Å². The van der Waals surface area contributed by atoms with Crippen LogP contribution in [0.25, 0.3) is 0 Å². The molecule has 4 aliphatic carbocycles. The second-order valence-electron chi connectivity index (χ2n) is 8.55. The van der Waals surface area contributed by atoms with E-state index < -0.39 is 12.2 Å². The van der Waals surface area contributed by atoms with E-state index in [2.05, 4.69) is 26.0 Å². The number of allylic oxidation sites excluding steroid dienone is 2. The first kappa shape index (κ1) is 14.9. The van der Waals surface area contributed by atoms with Crippen LogP contribution in [0, 0.1) is 28.6 Å². The fourth-order valence-corrected chi connectivity index (χ4v) is 6.22. The third-order valence-corrected chi connectivity index (χ3v) is 7.60. The van der Waals surface area contributed by atoms with Gasteiger partial charge in [0.05, 0.1) is 18.3 Å². The molecule has 0 aromatic rings. The van der Waals surface area contributed by atoms with Gasteiger partial charge in [-0.15, -0.1) is 0 Å². The molecule has 0 spiro atoms. The second-order valence-corrected chi connectivity index (χ2v) is 8.55. The molecule has 0 radical (unpaired) electrons. The molecule has 3 nitrogen and oxygen atoms in total. The smallest absolute Gasteiger partial charge is 0.0855 e. The lowest BCUT2D eigenvalue weighted by molar-refractivity contribution is -0.0705. The minimum atomic E-state index is -0.569. The molecule has 0 amide bonds. The molecule has 3 heteroatoms. The highest BCUT2D eigenvalue weighted by molar-refractivity contribution is 5.33. The van der Waals surface area contributed by atoms with Crippen molar-refractivity contribution < 1.29 is 15.3 Å². The zero-order valence-electron chi connectivity index (χ0n) is 13.6. The van der Waals surface area contributed by atoms with Crippen LogP contribution in [-0.4, -0.2) is 33.6 Å². The molecule has 0 aliphatic heterocycles. The fraction of sp³-hybridized carbons (Fsp3) is 0.789. The van der Waals surface area contributed by atoms with E-state index in [1.165, 1.54) is 5.57 Å². The molecule has 2 fully saturated rings. The maximum Gasteiger partial charge on any atom is 0.0855 e. The number of hydrogen-bond donors (Lipinski definition) is 3. The third kappa shape index (κ3) is 1.79. The summed E-state index contributed by atoms with van der Waals surface area (Å²) in [5, 5.41) is 30.6. The van der Waals surface area contributed by atoms with Gasteiger partial charge in [0.1, 0.15) is 0 Å². The van der Waals surface area contributed by atoms with Crippen LogP contribution in [0.3, 0.4) is 0 Å². The van der Waals surface area contributed by atoms with Crippen molar-refractivity contribution in [2.75, 3.05) is 0 Å². The molecule has 4 rings (SSSR count). The van der Waals surface area contributed by atoms with Crippen molar-refractivity contribution in [1.82, 2.24) is 0 Å². The Morgan fingerprint density at radius 2 is 1.91 bits per heavy atom. The summed E-state index contributed by atoms with van der Waals surface area (Å²) in [4.78, 5) is 0. The lowest BCUT2D eigenvalue weighted by atomic mass is 9.49. The van der Waals surface area contributed by atoms with Gasteiger partial charge < -0.3 is 15.3 Å². The van der Waals surface area contributed by atoms with Gasteiger partial charge in [-0.05, 0) is 55.3 Å². The molecule has 22 heavy (non-hydrogen) atoms. The molecule has 2 saturated carbocycles. The van der Waals surface area contributed by atoms with Crippen molar-refractivity contribution in [2.24, 2.45) is 28.6 Å². The van der Waals surface area contributed by atoms with Gasteiger partial charge >= 0.3 is 0 Å². The lowest BCUT2D eigenvalue weighted by Crippen LogP contribution is -2.50. The molecule has 0 heterocycles. The summed E-state index contributed by atoms with van der Waals surface area (Å²) in [7, 11) is 0. The van der Waals surface area contributed by atoms with Crippen LogP contribution < -0.4 is 0 Å². The SMILES string of the molecule is C[C@]12CC[C@H]3[C@@H](CC=C4C[C@@H](O)C=C[C@@]43C)[C@@H]1C[C@H](O)[C@@H]2O. The molecule has 0 aromatic carbocycles. The van der Waals surface area contributed by atoms with E-state index in [1.807, 2.05) is 6.08 Å². The molecule has 0 aromatic heterocycles. The van der Waals surface area contributed by atoms with E-state index in [4.69, 9.17) is 0 Å². The molecule has 122 valence electrons. The molecule has 0 saturated heterocycles. The molecule has 8 atom stereocenters. The normalized spacial score (nSPS) is 56.9. The van der Waals surface area contributed by atoms with Crippen molar-refractivity contribution in [2.45, 2.75) is 64.3 Å². The fourth-order valence-electron chi connectivity index (χ4n) is 6.22. The third-order valence-electron chi connectivity index (χ3n) is 7.60. The number of fused-ring (bicyclic) bond motifs is 5. The summed E-state index contributed by atoms with van der Waals surface area (Å²) >= 11 is 0. The van der Waals surface area contributed by atoms with Gasteiger partial charge in [0.15, 0.2) is 0 Å². The first-order chi connectivity index (χ1) is 10.4. The van der Waals surface area contributed by atoms with Gasteiger partial charge in [-0.1, -0.05) is 37.6 Å². The Bertz CT molecular complexity index is 539. The standard InChI is InChI=1S/C19H28O3/c1-18-7-5-12(20)9-11(18)3-4-13-14(18)6-8-19(2)15(13)10-16(21)17(19)22/h3,5,7,12-17,20-22H,4,6,8-10H2,1-2H3/t12-,13+,14-,15-,16-,17-,18-,19-/m0/s1. The minimum Gasteiger partial charge on any atom is -0.390 e. The quantitative estimate of drug-likeness (QED) is 0.602. The van der Waals surface area contributed by atoms with Crippen molar-refractivity contribution in [1.29, 1.82) is 0 Å². The van der Waals surface area contributed by atoms with Gasteiger partial charge in [-0.3, -0.25) is 0 Å². The van der Waals surface area contributed by atoms with Crippen LogP contribution in [0.15, 0.2) is 23.8 Å². The predicted octanol–water partition coefficient (Wildman–Crippen LogP) is 2.42. The van der Waals surface area contributed by atoms with E-state index in [0.717, 1.165) is 32.1 Å². The summed E-state index contributed by atoms with van der Waals surface area (Å²) in [5.74, 6) is 1.53. The van der Waals surface area contributed by atoms with E-state index in [-0.39, 0.29) is 16.9 Å². The van der Waals surface area contributed by atoms with Crippen molar-refractivity contribution in [3.05, 3.63) is 23.8 Å². The zero-order valence-corrected chi connectivity index (χ0v) is 13.6. The zero-order chi connectivity index (χ0) is 15.7. The van der Waals surface area contributed by atoms with E-state index in [9.17, 15) is 15.3 Å². The Morgan fingerprint density at radius 1 is 1.14 bits per heavy atom. The Balaban J connectivity index is 1.71. The minimum absolute atomic E-state index is 0.0575. The molecule has 4 aliphatic rings. The van der Waals surface area contributed by atoms with Crippen LogP contribution in [0.2, 0.25) is 0 Å². The Morgan fingerprint density at radius 3 is 2.68 bits per heavy atom. The van der Waals surface area contributed by atoms with E-state index >= 15 is 0 Å². The largest absolute Gasteiger partial charge is 0.390 e. The van der Waals surface area contributed by atoms with Crippen LogP contribution in [-0.2, 0) is 0 Å². The van der Waals surface area contributed by atoms with Gasteiger partial charge in [0.2, 0.25) is 0 Å². The van der Waals surface area contributed by atoms with Crippen LogP contribution in [0.4, 0.5) is 0 Å². The Kier molecular flexibility index (Phi) is 3.18. The molecule has 0 unspecified atom stereocenters. The maximum absolute atomic E-state index is 10.5. The van der Waals surface area contributed by atoms with Gasteiger partial charge in [0.25, 0.3) is 0 Å². The van der Waals surface area contributed by atoms with Crippen molar-refractivity contribution in [3.63, 3.8) is 0 Å². The average Bonchev–Trinajstić information content (AvgIpc) is 2.72. The molecular weight excluding hydrogens is 276 g/mol. The van der Waals surface area contributed by atoms with Crippen LogP contribution in [0.1, 0.15) is 46.0 Å². The summed E-state index contributed by atoms with van der Waals surface area (Å²) < 4.78 is 0. The lowest BCUT2D eigenvalue weighted by Gasteiger charge is -2.56. The maximum atomic E-state index is 10.5. The van der Waals surface area contributed by atoms with Gasteiger partial charge in [0, 0.05) is 5.41 Å². The average molecular weight is 304 g/mol. The van der Waals surface area contributed by atoms with Crippen molar-refractivity contribution >= 4 is 0 Å². The highest BCUT2D eigenvalue weighted by atomic mass is 16.3. The molecule has 3 N–H and O–H groups in total. The topological polar surface area (TPSA) is 60.7 Å². The van der Waals surface area contributed by atoms with Crippen LogP contribution >= 0.6 is 0 Å². The highest BCUT2D eigenvalue weighted by Crippen LogP contribution is 2.63. The summed E-state index contributed by atoms with van der Waals surface area (Å²) in [6, 6.07) is 0. The first-order valence-corrected chi connectivity index (χ1v) is 8.79. The predicted molar refractivity (Wildman–Crippen MR) is 85.0 cm³/mol. The number of rotatable bonds is 0. The van der Waals surface area contributed by atoms with Crippen molar-refractivity contribution in [3.8, 4) is 0 Å². The van der Waals surface area contributed by atoms with Gasteiger partial charge in [-0.25, -0.2) is 0 Å². The van der Waals surface area contributed by atoms with E-state index in [0.29, 0.717) is 17.8 Å².